The van der Waals surface area contributed by atoms with Crippen molar-refractivity contribution >= 4 is 24.2 Å². The van der Waals surface area contributed by atoms with Crippen LogP contribution >= 0.6 is 0 Å². The van der Waals surface area contributed by atoms with Gasteiger partial charge in [0.05, 0.1) is 12.2 Å². The van der Waals surface area contributed by atoms with Crippen LogP contribution in [0.25, 0.3) is 5.82 Å². The number of amides is 1. The van der Waals surface area contributed by atoms with Gasteiger partial charge in [-0.25, -0.2) is 9.67 Å². The van der Waals surface area contributed by atoms with E-state index in [-0.39, 0.29) is 18.1 Å². The summed E-state index contributed by atoms with van der Waals surface area (Å²) in [5.74, 6) is -0.840. The highest BCUT2D eigenvalue weighted by Gasteiger charge is 2.39. The van der Waals surface area contributed by atoms with E-state index in [1.54, 1.807) is 18.2 Å². The zero-order chi connectivity index (χ0) is 19.9. The molecule has 2 aromatic heterocycles. The van der Waals surface area contributed by atoms with E-state index in [0.29, 0.717) is 5.46 Å². The lowest BCUT2D eigenvalue weighted by molar-refractivity contribution is -0.141. The molecule has 0 aliphatic carbocycles. The third kappa shape index (κ3) is 3.37. The second-order valence-electron chi connectivity index (χ2n) is 6.05. The van der Waals surface area contributed by atoms with Gasteiger partial charge in [0.2, 0.25) is 0 Å². The van der Waals surface area contributed by atoms with Crippen molar-refractivity contribution in [3.05, 3.63) is 65.6 Å². The third-order valence-electron chi connectivity index (χ3n) is 4.18. The minimum absolute atomic E-state index is 0.143. The molecule has 0 saturated carbocycles. The molecule has 0 radical (unpaired) electrons. The standard InChI is InChI=1S/C17H12BF3N4O3/c19-17(20,21)15-12(8-25(24-15)14-3-1-2-6-22-14)16(26)23-11-5-4-10-9-28-18(27)13(10)7-11/h1-8,27H,9H2,(H,23,26). The molecule has 1 amide bonds. The summed E-state index contributed by atoms with van der Waals surface area (Å²) in [5, 5.41) is 15.6. The van der Waals surface area contributed by atoms with Crippen LogP contribution in [-0.2, 0) is 17.4 Å². The molecule has 7 nitrogen and oxygen atoms in total. The van der Waals surface area contributed by atoms with Gasteiger partial charge in [0.15, 0.2) is 11.5 Å². The average molecular weight is 388 g/mol. The number of carbonyl (C=O) groups is 1. The summed E-state index contributed by atoms with van der Waals surface area (Å²) in [6, 6.07) is 9.28. The minimum Gasteiger partial charge on any atom is -0.423 e. The summed E-state index contributed by atoms with van der Waals surface area (Å²) >= 11 is 0. The summed E-state index contributed by atoms with van der Waals surface area (Å²) < 4.78 is 46.1. The van der Waals surface area contributed by atoms with Gasteiger partial charge in [0, 0.05) is 18.1 Å². The Morgan fingerprint density at radius 3 is 2.82 bits per heavy atom. The molecular formula is C17H12BF3N4O3. The molecule has 0 bridgehead atoms. The summed E-state index contributed by atoms with van der Waals surface area (Å²) in [6.07, 6.45) is -2.44. The summed E-state index contributed by atoms with van der Waals surface area (Å²) in [4.78, 5) is 16.5. The number of rotatable bonds is 3. The second kappa shape index (κ2) is 6.77. The van der Waals surface area contributed by atoms with Crippen molar-refractivity contribution in [2.24, 2.45) is 0 Å². The first-order valence-corrected chi connectivity index (χ1v) is 8.15. The number of benzene rings is 1. The summed E-state index contributed by atoms with van der Waals surface area (Å²) in [7, 11) is -1.13. The molecule has 3 aromatic rings. The Kier molecular flexibility index (Phi) is 4.40. The molecule has 0 spiro atoms. The predicted molar refractivity (Wildman–Crippen MR) is 93.2 cm³/mol. The molecule has 0 fully saturated rings. The maximum absolute atomic E-state index is 13.4. The van der Waals surface area contributed by atoms with Crippen LogP contribution in [0.3, 0.4) is 0 Å². The predicted octanol–water partition coefficient (Wildman–Crippen LogP) is 1.76. The van der Waals surface area contributed by atoms with Crippen molar-refractivity contribution in [1.29, 1.82) is 0 Å². The monoisotopic (exact) mass is 388 g/mol. The van der Waals surface area contributed by atoms with Crippen LogP contribution < -0.4 is 10.8 Å². The number of hydrogen-bond donors (Lipinski definition) is 2. The van der Waals surface area contributed by atoms with Gasteiger partial charge < -0.3 is 15.0 Å². The van der Waals surface area contributed by atoms with Gasteiger partial charge in [0.1, 0.15) is 0 Å². The lowest BCUT2D eigenvalue weighted by Gasteiger charge is -2.08. The number of nitrogens with zero attached hydrogens (tertiary/aromatic N) is 3. The summed E-state index contributed by atoms with van der Waals surface area (Å²) in [6.45, 7) is 0.222. The molecule has 1 aromatic carbocycles. The summed E-state index contributed by atoms with van der Waals surface area (Å²) in [5.41, 5.74) is -0.537. The molecule has 142 valence electrons. The van der Waals surface area contributed by atoms with E-state index in [1.807, 2.05) is 0 Å². The maximum Gasteiger partial charge on any atom is 0.491 e. The van der Waals surface area contributed by atoms with Crippen molar-refractivity contribution in [2.75, 3.05) is 5.32 Å². The zero-order valence-electron chi connectivity index (χ0n) is 14.1. The number of anilines is 1. The van der Waals surface area contributed by atoms with Gasteiger partial charge in [0.25, 0.3) is 5.91 Å². The molecule has 1 aliphatic rings. The first-order chi connectivity index (χ1) is 13.3. The first-order valence-electron chi connectivity index (χ1n) is 8.15. The number of aromatic nitrogens is 3. The topological polar surface area (TPSA) is 89.3 Å². The number of fused-ring (bicyclic) bond motifs is 1. The van der Waals surface area contributed by atoms with Crippen LogP contribution in [0, 0.1) is 0 Å². The highest BCUT2D eigenvalue weighted by atomic mass is 19.4. The molecule has 0 saturated heterocycles. The zero-order valence-corrected chi connectivity index (χ0v) is 14.1. The number of pyridine rings is 1. The van der Waals surface area contributed by atoms with E-state index >= 15 is 0 Å². The van der Waals surface area contributed by atoms with Crippen LogP contribution in [0.4, 0.5) is 18.9 Å². The molecule has 28 heavy (non-hydrogen) atoms. The Morgan fingerprint density at radius 2 is 2.11 bits per heavy atom. The fraction of sp³-hybridized carbons (Fsp3) is 0.118. The molecule has 11 heteroatoms. The van der Waals surface area contributed by atoms with Gasteiger partial charge >= 0.3 is 13.3 Å². The molecule has 4 rings (SSSR count). The van der Waals surface area contributed by atoms with Gasteiger partial charge in [-0.1, -0.05) is 12.1 Å². The largest absolute Gasteiger partial charge is 0.491 e. The van der Waals surface area contributed by atoms with Crippen molar-refractivity contribution in [2.45, 2.75) is 12.8 Å². The van der Waals surface area contributed by atoms with Gasteiger partial charge in [-0.15, -0.1) is 0 Å². The van der Waals surface area contributed by atoms with E-state index in [9.17, 15) is 23.0 Å². The molecule has 0 atom stereocenters. The molecule has 2 N–H and O–H groups in total. The van der Waals surface area contributed by atoms with E-state index in [2.05, 4.69) is 15.4 Å². The van der Waals surface area contributed by atoms with Crippen molar-refractivity contribution in [1.82, 2.24) is 14.8 Å². The highest BCUT2D eigenvalue weighted by molar-refractivity contribution is 6.61. The van der Waals surface area contributed by atoms with Crippen molar-refractivity contribution in [3.8, 4) is 5.82 Å². The Bertz CT molecular complexity index is 1040. The Hall–Kier alpha value is -3.18. The number of halogens is 3. The number of carbonyl (C=O) groups excluding carboxylic acids is 1. The Balaban J connectivity index is 1.67. The number of hydrogen-bond acceptors (Lipinski definition) is 5. The fourth-order valence-corrected chi connectivity index (χ4v) is 2.85. The van der Waals surface area contributed by atoms with E-state index in [1.165, 1.54) is 24.4 Å². The quantitative estimate of drug-likeness (QED) is 0.668. The Labute approximate surface area is 156 Å². The third-order valence-corrected chi connectivity index (χ3v) is 4.18. The molecule has 1 aliphatic heterocycles. The van der Waals surface area contributed by atoms with Crippen LogP contribution in [-0.4, -0.2) is 32.8 Å². The van der Waals surface area contributed by atoms with Gasteiger partial charge in [-0.3, -0.25) is 4.79 Å². The van der Waals surface area contributed by atoms with Crippen LogP contribution in [0.15, 0.2) is 48.8 Å². The Morgan fingerprint density at radius 1 is 1.29 bits per heavy atom. The van der Waals surface area contributed by atoms with Crippen LogP contribution in [0.5, 0.6) is 0 Å². The van der Waals surface area contributed by atoms with E-state index < -0.39 is 30.5 Å². The molecule has 3 heterocycles. The smallest absolute Gasteiger partial charge is 0.423 e. The van der Waals surface area contributed by atoms with E-state index in [0.717, 1.165) is 16.4 Å². The molecular weight excluding hydrogens is 376 g/mol. The lowest BCUT2D eigenvalue weighted by atomic mass is 9.79. The van der Waals surface area contributed by atoms with Crippen LogP contribution in [0.2, 0.25) is 0 Å². The fourth-order valence-electron chi connectivity index (χ4n) is 2.85. The maximum atomic E-state index is 13.4. The van der Waals surface area contributed by atoms with Crippen LogP contribution in [0.1, 0.15) is 21.6 Å². The van der Waals surface area contributed by atoms with Crippen molar-refractivity contribution in [3.63, 3.8) is 0 Å². The average Bonchev–Trinajstić information content (AvgIpc) is 3.27. The van der Waals surface area contributed by atoms with Gasteiger partial charge in [-0.2, -0.15) is 18.3 Å². The number of nitrogens with one attached hydrogen (secondary N) is 1. The number of alkyl halides is 3. The second-order valence-corrected chi connectivity index (χ2v) is 6.05. The first kappa shape index (κ1) is 18.2. The molecule has 0 unspecified atom stereocenters. The van der Waals surface area contributed by atoms with E-state index in [4.69, 9.17) is 4.65 Å². The lowest BCUT2D eigenvalue weighted by Crippen LogP contribution is -2.28. The highest BCUT2D eigenvalue weighted by Crippen LogP contribution is 2.31. The minimum atomic E-state index is -4.82. The van der Waals surface area contributed by atoms with Gasteiger partial charge in [-0.05, 0) is 35.3 Å². The van der Waals surface area contributed by atoms with Crippen molar-refractivity contribution < 1.29 is 27.6 Å². The normalized spacial score (nSPS) is 13.5. The SMILES string of the molecule is O=C(Nc1ccc2c(c1)B(O)OC2)c1cn(-c2ccccn2)nc1C(F)(F)F.